The van der Waals surface area contributed by atoms with Crippen molar-refractivity contribution in [3.8, 4) is 0 Å². The van der Waals surface area contributed by atoms with Gasteiger partial charge in [0.15, 0.2) is 4.34 Å². The molecule has 24 heavy (non-hydrogen) atoms. The van der Waals surface area contributed by atoms with E-state index in [0.29, 0.717) is 0 Å². The molecule has 1 aromatic rings. The Kier molecular flexibility index (Phi) is 6.74. The van der Waals surface area contributed by atoms with Crippen LogP contribution in [-0.2, 0) is 9.53 Å². The van der Waals surface area contributed by atoms with Gasteiger partial charge >= 0.3 is 0 Å². The summed E-state index contributed by atoms with van der Waals surface area (Å²) >= 11 is 3.03. The number of aromatic nitrogens is 2. The van der Waals surface area contributed by atoms with E-state index in [0.717, 1.165) is 61.4 Å². The Morgan fingerprint density at radius 2 is 2.12 bits per heavy atom. The molecule has 0 radical (unpaired) electrons. The van der Waals surface area contributed by atoms with E-state index < -0.39 is 0 Å². The molecular formula is C16H26N4O2S2. The maximum Gasteiger partial charge on any atom is 0.235 e. The lowest BCUT2D eigenvalue weighted by molar-refractivity contribution is -0.130. The maximum atomic E-state index is 12.6. The Morgan fingerprint density at radius 1 is 1.33 bits per heavy atom. The van der Waals surface area contributed by atoms with E-state index in [1.807, 2.05) is 11.8 Å². The largest absolute Gasteiger partial charge is 0.376 e. The van der Waals surface area contributed by atoms with Crippen LogP contribution in [0, 0.1) is 0 Å². The van der Waals surface area contributed by atoms with Crippen molar-refractivity contribution in [1.29, 1.82) is 0 Å². The molecular weight excluding hydrogens is 344 g/mol. The first-order chi connectivity index (χ1) is 11.7. The predicted molar refractivity (Wildman–Crippen MR) is 97.7 cm³/mol. The van der Waals surface area contributed by atoms with Gasteiger partial charge in [-0.3, -0.25) is 4.79 Å². The number of hydrogen-bond donors (Lipinski definition) is 1. The second-order valence-electron chi connectivity index (χ2n) is 6.39. The summed E-state index contributed by atoms with van der Waals surface area (Å²) in [6.45, 7) is 5.40. The second kappa shape index (κ2) is 9.01. The Labute approximate surface area is 151 Å². The van der Waals surface area contributed by atoms with Gasteiger partial charge in [0, 0.05) is 26.2 Å². The lowest BCUT2D eigenvalue weighted by atomic mass is 10.2. The number of carbonyl (C=O) groups excluding carboxylic acids is 1. The van der Waals surface area contributed by atoms with Gasteiger partial charge in [0.25, 0.3) is 0 Å². The average molecular weight is 371 g/mol. The summed E-state index contributed by atoms with van der Waals surface area (Å²) in [6, 6.07) is 0. The number of carbonyl (C=O) groups is 1. The van der Waals surface area contributed by atoms with E-state index in [9.17, 15) is 4.79 Å². The molecule has 2 aliphatic rings. The third-order valence-electron chi connectivity index (χ3n) is 4.45. The summed E-state index contributed by atoms with van der Waals surface area (Å²) in [4.78, 5) is 14.6. The lowest BCUT2D eigenvalue weighted by Crippen LogP contribution is -2.37. The quantitative estimate of drug-likeness (QED) is 0.777. The molecule has 1 aromatic heterocycles. The number of likely N-dealkylation sites (tertiary alicyclic amines) is 1. The van der Waals surface area contributed by atoms with E-state index in [-0.39, 0.29) is 17.3 Å². The van der Waals surface area contributed by atoms with Crippen molar-refractivity contribution in [3.05, 3.63) is 0 Å². The van der Waals surface area contributed by atoms with Gasteiger partial charge in [-0.15, -0.1) is 10.2 Å². The highest BCUT2D eigenvalue weighted by atomic mass is 32.2. The van der Waals surface area contributed by atoms with Crippen molar-refractivity contribution in [2.75, 3.05) is 31.6 Å². The van der Waals surface area contributed by atoms with Gasteiger partial charge in [0.05, 0.1) is 11.4 Å². The molecule has 0 aliphatic carbocycles. The van der Waals surface area contributed by atoms with Gasteiger partial charge in [-0.2, -0.15) is 0 Å². The molecule has 1 N–H and O–H groups in total. The predicted octanol–water partition coefficient (Wildman–Crippen LogP) is 3.01. The van der Waals surface area contributed by atoms with Crippen LogP contribution in [0.2, 0.25) is 0 Å². The van der Waals surface area contributed by atoms with Crippen molar-refractivity contribution in [2.45, 2.75) is 61.1 Å². The summed E-state index contributed by atoms with van der Waals surface area (Å²) < 4.78 is 6.44. The topological polar surface area (TPSA) is 67.4 Å². The van der Waals surface area contributed by atoms with E-state index in [1.54, 1.807) is 0 Å². The number of nitrogens with one attached hydrogen (secondary N) is 1. The molecule has 3 rings (SSSR count). The monoisotopic (exact) mass is 370 g/mol. The molecule has 2 unspecified atom stereocenters. The third kappa shape index (κ3) is 5.07. The number of nitrogens with zero attached hydrogens (tertiary/aromatic N) is 3. The Hall–Kier alpha value is -0.860. The molecule has 2 fully saturated rings. The molecule has 1 amide bonds. The summed E-state index contributed by atoms with van der Waals surface area (Å²) in [7, 11) is 0. The van der Waals surface area contributed by atoms with Crippen molar-refractivity contribution < 1.29 is 9.53 Å². The summed E-state index contributed by atoms with van der Waals surface area (Å²) in [6.07, 6.45) is 7.25. The fourth-order valence-electron chi connectivity index (χ4n) is 3.09. The highest BCUT2D eigenvalue weighted by Crippen LogP contribution is 2.30. The van der Waals surface area contributed by atoms with Crippen LogP contribution in [0.15, 0.2) is 4.34 Å². The molecule has 134 valence electrons. The Morgan fingerprint density at radius 3 is 2.83 bits per heavy atom. The number of anilines is 1. The van der Waals surface area contributed by atoms with Gasteiger partial charge in [0.1, 0.15) is 0 Å². The molecule has 0 bridgehead atoms. The number of rotatable bonds is 6. The molecule has 2 atom stereocenters. The molecule has 0 spiro atoms. The molecule has 6 nitrogen and oxygen atoms in total. The van der Waals surface area contributed by atoms with Crippen LogP contribution in [0.4, 0.5) is 5.13 Å². The molecule has 3 heterocycles. The van der Waals surface area contributed by atoms with E-state index in [4.69, 9.17) is 4.74 Å². The number of hydrogen-bond acceptors (Lipinski definition) is 7. The Bertz CT molecular complexity index is 526. The highest BCUT2D eigenvalue weighted by molar-refractivity contribution is 8.02. The third-order valence-corrected chi connectivity index (χ3v) is 6.51. The zero-order valence-corrected chi connectivity index (χ0v) is 15.8. The SMILES string of the molecule is CC(Sc1nnc(NCC2CCCO2)s1)C(=O)N1CCCCCC1. The van der Waals surface area contributed by atoms with Crippen molar-refractivity contribution >= 4 is 34.1 Å². The molecule has 0 aromatic carbocycles. The second-order valence-corrected chi connectivity index (χ2v) is 8.95. The van der Waals surface area contributed by atoms with Gasteiger partial charge in [0.2, 0.25) is 11.0 Å². The molecule has 8 heteroatoms. The van der Waals surface area contributed by atoms with E-state index >= 15 is 0 Å². The van der Waals surface area contributed by atoms with Gasteiger partial charge in [-0.25, -0.2) is 0 Å². The van der Waals surface area contributed by atoms with Crippen molar-refractivity contribution in [1.82, 2.24) is 15.1 Å². The van der Waals surface area contributed by atoms with Crippen LogP contribution in [0.5, 0.6) is 0 Å². The zero-order chi connectivity index (χ0) is 16.8. The summed E-state index contributed by atoms with van der Waals surface area (Å²) in [5.74, 6) is 0.228. The molecule has 2 saturated heterocycles. The maximum absolute atomic E-state index is 12.6. The Balaban J connectivity index is 1.46. The summed E-state index contributed by atoms with van der Waals surface area (Å²) in [5.41, 5.74) is 0. The minimum absolute atomic E-state index is 0.109. The van der Waals surface area contributed by atoms with E-state index in [2.05, 4.69) is 15.5 Å². The van der Waals surface area contributed by atoms with Gasteiger partial charge in [-0.05, 0) is 32.6 Å². The first kappa shape index (κ1) is 17.9. The highest BCUT2D eigenvalue weighted by Gasteiger charge is 2.23. The molecule has 0 saturated carbocycles. The van der Waals surface area contributed by atoms with Crippen LogP contribution in [0.1, 0.15) is 45.4 Å². The fourth-order valence-corrected chi connectivity index (χ4v) is 5.07. The van der Waals surface area contributed by atoms with Crippen molar-refractivity contribution in [3.63, 3.8) is 0 Å². The van der Waals surface area contributed by atoms with Crippen LogP contribution in [0.3, 0.4) is 0 Å². The van der Waals surface area contributed by atoms with E-state index in [1.165, 1.54) is 35.9 Å². The zero-order valence-electron chi connectivity index (χ0n) is 14.2. The number of ether oxygens (including phenoxy) is 1. The van der Waals surface area contributed by atoms with Crippen molar-refractivity contribution in [2.24, 2.45) is 0 Å². The lowest BCUT2D eigenvalue weighted by Gasteiger charge is -2.23. The van der Waals surface area contributed by atoms with Crippen LogP contribution >= 0.6 is 23.1 Å². The number of amides is 1. The minimum atomic E-state index is -0.109. The number of thioether (sulfide) groups is 1. The first-order valence-corrected chi connectivity index (χ1v) is 10.6. The standard InChI is InChI=1S/C16H26N4O2S2/c1-12(14(21)20-8-4-2-3-5-9-20)23-16-19-18-15(24-16)17-11-13-7-6-10-22-13/h12-13H,2-11H2,1H3,(H,17,18). The van der Waals surface area contributed by atoms with Gasteiger partial charge < -0.3 is 15.0 Å². The van der Waals surface area contributed by atoms with Crippen LogP contribution in [0.25, 0.3) is 0 Å². The van der Waals surface area contributed by atoms with Crippen LogP contribution in [-0.4, -0.2) is 58.6 Å². The van der Waals surface area contributed by atoms with Crippen LogP contribution < -0.4 is 5.32 Å². The average Bonchev–Trinajstić information content (AvgIpc) is 3.18. The normalized spacial score (nSPS) is 23.0. The van der Waals surface area contributed by atoms with Gasteiger partial charge in [-0.1, -0.05) is 35.9 Å². The minimum Gasteiger partial charge on any atom is -0.376 e. The summed E-state index contributed by atoms with van der Waals surface area (Å²) in [5, 5.41) is 12.4. The fraction of sp³-hybridized carbons (Fsp3) is 0.812. The molecule has 2 aliphatic heterocycles. The first-order valence-electron chi connectivity index (χ1n) is 8.87. The smallest absolute Gasteiger partial charge is 0.235 e.